The number of hydrogen-bond donors (Lipinski definition) is 2. The summed E-state index contributed by atoms with van der Waals surface area (Å²) in [6.45, 7) is 1.62. The molecule has 2 aliphatic rings. The van der Waals surface area contributed by atoms with Gasteiger partial charge >= 0.3 is 0 Å². The summed E-state index contributed by atoms with van der Waals surface area (Å²) in [4.78, 5) is 47.4. The quantitative estimate of drug-likeness (QED) is 0.518. The molecule has 2 N–H and O–H groups in total. The van der Waals surface area contributed by atoms with Crippen LogP contribution < -0.4 is 10.6 Å². The van der Waals surface area contributed by atoms with Crippen LogP contribution in [0.5, 0.6) is 0 Å². The number of sulfonamides is 1. The van der Waals surface area contributed by atoms with Crippen molar-refractivity contribution in [1.29, 1.82) is 0 Å². The number of nitrogens with zero attached hydrogens (tertiary/aromatic N) is 3. The zero-order valence-corrected chi connectivity index (χ0v) is 22.5. The maximum Gasteiger partial charge on any atom is 0.271 e. The molecule has 10 nitrogen and oxygen atoms in total. The lowest BCUT2D eigenvalue weighted by Crippen LogP contribution is -2.53. The first kappa shape index (κ1) is 27.3. The smallest absolute Gasteiger partial charge is 0.271 e. The van der Waals surface area contributed by atoms with Gasteiger partial charge in [0.05, 0.1) is 17.6 Å². The minimum atomic E-state index is -3.92. The van der Waals surface area contributed by atoms with Crippen molar-refractivity contribution < 1.29 is 22.8 Å². The van der Waals surface area contributed by atoms with Crippen molar-refractivity contribution in [3.05, 3.63) is 40.5 Å². The Morgan fingerprint density at radius 2 is 1.95 bits per heavy atom. The Morgan fingerprint density at radius 1 is 1.16 bits per heavy atom. The van der Waals surface area contributed by atoms with Gasteiger partial charge in [0.2, 0.25) is 5.91 Å². The molecular weight excluding hydrogens is 514 g/mol. The molecule has 0 bridgehead atoms. The average Bonchev–Trinajstić information content (AvgIpc) is 3.25. The van der Waals surface area contributed by atoms with E-state index in [1.165, 1.54) is 30.0 Å². The Morgan fingerprint density at radius 3 is 2.62 bits per heavy atom. The van der Waals surface area contributed by atoms with E-state index in [-0.39, 0.29) is 29.6 Å². The zero-order chi connectivity index (χ0) is 26.4. The molecular formula is C25H33N5O5S2. The lowest BCUT2D eigenvalue weighted by atomic mass is 9.84. The number of hydrogen-bond acceptors (Lipinski definition) is 8. The molecule has 0 spiro atoms. The van der Waals surface area contributed by atoms with Gasteiger partial charge in [0.15, 0.2) is 10.8 Å². The number of carbonyl (C=O) groups excluding carboxylic acids is 3. The number of aryl methyl sites for hydroxylation is 1. The van der Waals surface area contributed by atoms with E-state index < -0.39 is 33.9 Å². The van der Waals surface area contributed by atoms with Gasteiger partial charge in [-0.3, -0.25) is 14.4 Å². The Hall–Kier alpha value is -2.70. The topological polar surface area (TPSA) is 138 Å². The molecule has 12 heteroatoms. The highest BCUT2D eigenvalue weighted by Gasteiger charge is 2.35. The van der Waals surface area contributed by atoms with Crippen LogP contribution in [0.25, 0.3) is 0 Å². The highest BCUT2D eigenvalue weighted by molar-refractivity contribution is 7.89. The van der Waals surface area contributed by atoms with Crippen LogP contribution in [0.4, 0.5) is 0 Å². The lowest BCUT2D eigenvalue weighted by molar-refractivity contribution is -0.129. The van der Waals surface area contributed by atoms with Crippen molar-refractivity contribution in [2.45, 2.75) is 75.4 Å². The fraction of sp³-hybridized carbons (Fsp3) is 0.560. The van der Waals surface area contributed by atoms with Crippen molar-refractivity contribution in [3.8, 4) is 0 Å². The number of amides is 2. The molecule has 1 aliphatic carbocycles. The number of nitrogens with one attached hydrogen (secondary N) is 2. The summed E-state index contributed by atoms with van der Waals surface area (Å²) in [6.07, 6.45) is 7.96. The highest BCUT2D eigenvalue weighted by atomic mass is 32.2. The number of thiazole rings is 1. The third-order valence-electron chi connectivity index (χ3n) is 6.95. The van der Waals surface area contributed by atoms with Crippen LogP contribution in [0, 0.1) is 12.8 Å². The number of pyridine rings is 1. The van der Waals surface area contributed by atoms with Crippen LogP contribution in [0.3, 0.4) is 0 Å². The molecule has 2 fully saturated rings. The fourth-order valence-corrected chi connectivity index (χ4v) is 6.91. The van der Waals surface area contributed by atoms with E-state index in [2.05, 4.69) is 20.6 Å². The van der Waals surface area contributed by atoms with Crippen molar-refractivity contribution in [2.75, 3.05) is 13.1 Å². The summed E-state index contributed by atoms with van der Waals surface area (Å²) in [5.74, 6) is -0.917. The van der Waals surface area contributed by atoms with E-state index in [1.54, 1.807) is 17.5 Å². The first-order valence-corrected chi connectivity index (χ1v) is 15.0. The molecule has 2 aromatic heterocycles. The summed E-state index contributed by atoms with van der Waals surface area (Å²) >= 11 is 1.36. The van der Waals surface area contributed by atoms with Crippen LogP contribution in [-0.4, -0.2) is 65.5 Å². The monoisotopic (exact) mass is 547 g/mol. The summed E-state index contributed by atoms with van der Waals surface area (Å²) in [5, 5.41) is 7.95. The van der Waals surface area contributed by atoms with Gasteiger partial charge in [0.25, 0.3) is 15.9 Å². The Balaban J connectivity index is 1.44. The fourth-order valence-electron chi connectivity index (χ4n) is 4.95. The number of aromatic nitrogens is 2. The number of ketones is 1. The van der Waals surface area contributed by atoms with E-state index >= 15 is 0 Å². The van der Waals surface area contributed by atoms with Gasteiger partial charge in [-0.25, -0.2) is 18.4 Å². The first-order valence-electron chi connectivity index (χ1n) is 12.7. The molecule has 1 saturated carbocycles. The van der Waals surface area contributed by atoms with Gasteiger partial charge in [0, 0.05) is 18.1 Å². The second-order valence-corrected chi connectivity index (χ2v) is 12.6. The van der Waals surface area contributed by atoms with Crippen molar-refractivity contribution in [3.63, 3.8) is 0 Å². The minimum absolute atomic E-state index is 0.113. The van der Waals surface area contributed by atoms with Crippen molar-refractivity contribution in [2.24, 2.45) is 5.92 Å². The number of rotatable bonds is 8. The summed E-state index contributed by atoms with van der Waals surface area (Å²) < 4.78 is 27.1. The second kappa shape index (κ2) is 12.2. The van der Waals surface area contributed by atoms with Gasteiger partial charge in [-0.05, 0) is 44.2 Å². The first-order chi connectivity index (χ1) is 17.7. The van der Waals surface area contributed by atoms with Crippen molar-refractivity contribution >= 4 is 39.0 Å². The molecule has 0 unspecified atom stereocenters. The number of Topliss-reactive ketones (excluding diaryl/α,β-unsaturated/α-hetero) is 1. The van der Waals surface area contributed by atoms with Crippen LogP contribution in [0.1, 0.15) is 66.9 Å². The normalized spacial score (nSPS) is 20.7. The van der Waals surface area contributed by atoms with Crippen LogP contribution in [0.15, 0.2) is 34.8 Å². The highest BCUT2D eigenvalue weighted by Crippen LogP contribution is 2.28. The summed E-state index contributed by atoms with van der Waals surface area (Å²) in [6, 6.07) is 2.96. The van der Waals surface area contributed by atoms with E-state index in [0.29, 0.717) is 25.2 Å². The van der Waals surface area contributed by atoms with E-state index in [4.69, 9.17) is 0 Å². The molecule has 1 saturated heterocycles. The van der Waals surface area contributed by atoms with E-state index in [9.17, 15) is 22.8 Å². The third kappa shape index (κ3) is 6.99. The minimum Gasteiger partial charge on any atom is -0.344 e. The summed E-state index contributed by atoms with van der Waals surface area (Å²) in [5.41, 5.74) is 0.268. The average molecular weight is 548 g/mol. The SMILES string of the molecule is Cc1nc(C(=O)N[C@@H](CC2CCCCC2)C(=O)N[C@H]2CCCN(S(=O)(=O)c3ccccn3)CC2=O)cs1. The number of carbonyl (C=O) groups is 3. The molecule has 1 aliphatic heterocycles. The largest absolute Gasteiger partial charge is 0.344 e. The Bertz CT molecular complexity index is 1210. The molecule has 4 rings (SSSR count). The maximum atomic E-state index is 13.4. The van der Waals surface area contributed by atoms with Gasteiger partial charge in [-0.1, -0.05) is 38.2 Å². The molecule has 3 heterocycles. The predicted octanol–water partition coefficient (Wildman–Crippen LogP) is 2.45. The van der Waals surface area contributed by atoms with Gasteiger partial charge in [-0.2, -0.15) is 4.31 Å². The van der Waals surface area contributed by atoms with E-state index in [1.807, 2.05) is 6.92 Å². The van der Waals surface area contributed by atoms with Gasteiger partial charge < -0.3 is 10.6 Å². The molecule has 0 aromatic carbocycles. The standard InChI is InChI=1S/C25H33N5O5S2/c1-17-27-21(16-36-17)25(33)29-20(14-18-8-3-2-4-9-18)24(32)28-19-10-7-13-30(15-22(19)31)37(34,35)23-11-5-6-12-26-23/h5-6,11-12,16,18-20H,2-4,7-10,13-15H2,1H3,(H,28,32)(H,29,33)/t19-,20-/m0/s1. The van der Waals surface area contributed by atoms with Crippen molar-refractivity contribution in [1.82, 2.24) is 24.9 Å². The molecule has 0 radical (unpaired) electrons. The molecule has 2 atom stereocenters. The maximum absolute atomic E-state index is 13.4. The second-order valence-electron chi connectivity index (χ2n) is 9.69. The van der Waals surface area contributed by atoms with Crippen LogP contribution in [0.2, 0.25) is 0 Å². The molecule has 2 amide bonds. The van der Waals surface area contributed by atoms with E-state index in [0.717, 1.165) is 35.0 Å². The third-order valence-corrected chi connectivity index (χ3v) is 9.48. The zero-order valence-electron chi connectivity index (χ0n) is 20.9. The Kier molecular flexibility index (Phi) is 9.04. The predicted molar refractivity (Wildman–Crippen MR) is 138 cm³/mol. The summed E-state index contributed by atoms with van der Waals surface area (Å²) in [7, 11) is -3.92. The Labute approximate surface area is 221 Å². The molecule has 200 valence electrons. The lowest BCUT2D eigenvalue weighted by Gasteiger charge is -2.27. The molecule has 2 aromatic rings. The van der Waals surface area contributed by atoms with Gasteiger partial charge in [-0.15, -0.1) is 11.3 Å². The molecule has 37 heavy (non-hydrogen) atoms. The van der Waals surface area contributed by atoms with Crippen LogP contribution >= 0.6 is 11.3 Å². The van der Waals surface area contributed by atoms with Crippen LogP contribution in [-0.2, 0) is 19.6 Å². The van der Waals surface area contributed by atoms with Gasteiger partial charge in [0.1, 0.15) is 11.7 Å².